The lowest BCUT2D eigenvalue weighted by Gasteiger charge is -2.04. The van der Waals surface area contributed by atoms with Gasteiger partial charge in [0.15, 0.2) is 0 Å². The van der Waals surface area contributed by atoms with E-state index in [1.54, 1.807) is 0 Å². The van der Waals surface area contributed by atoms with Crippen molar-refractivity contribution in [1.29, 1.82) is 0 Å². The Morgan fingerprint density at radius 1 is 1.38 bits per heavy atom. The maximum absolute atomic E-state index is 8.33. The minimum atomic E-state index is 0.283. The third-order valence-electron chi connectivity index (χ3n) is 2.16. The van der Waals surface area contributed by atoms with Crippen molar-refractivity contribution >= 4 is 21.8 Å². The normalized spacial score (nSPS) is 11.7. The molecule has 0 aliphatic heterocycles. The third-order valence-corrected chi connectivity index (χ3v) is 2.69. The maximum Gasteiger partial charge on any atom is 0.139 e. The summed E-state index contributed by atoms with van der Waals surface area (Å²) in [5.41, 5.74) is 6.59. The second-order valence-corrected chi connectivity index (χ2v) is 4.41. The molecule has 1 aromatic carbocycles. The standard InChI is InChI=1S/C11H16BrN3O/c12-10-5-3-9(4-6-10)8-14-7-1-2-11(13)15-16/h3-6,14,16H,1-2,7-8H2,(H2,13,15). The fraction of sp³-hybridized carbons (Fsp3) is 0.364. The van der Waals surface area contributed by atoms with Gasteiger partial charge >= 0.3 is 0 Å². The molecular formula is C11H16BrN3O. The van der Waals surface area contributed by atoms with Gasteiger partial charge in [0.1, 0.15) is 5.84 Å². The summed E-state index contributed by atoms with van der Waals surface area (Å²) in [6.07, 6.45) is 1.48. The van der Waals surface area contributed by atoms with Crippen molar-refractivity contribution in [3.63, 3.8) is 0 Å². The molecule has 4 N–H and O–H groups in total. The number of rotatable bonds is 6. The van der Waals surface area contributed by atoms with Crippen molar-refractivity contribution in [2.75, 3.05) is 6.54 Å². The molecule has 0 amide bonds. The Labute approximate surface area is 104 Å². The Bertz CT molecular complexity index is 338. The van der Waals surface area contributed by atoms with Crippen molar-refractivity contribution in [2.24, 2.45) is 10.9 Å². The first kappa shape index (κ1) is 13.0. The molecule has 5 heteroatoms. The van der Waals surface area contributed by atoms with Crippen LogP contribution in [0.25, 0.3) is 0 Å². The van der Waals surface area contributed by atoms with Crippen molar-refractivity contribution < 1.29 is 5.21 Å². The summed E-state index contributed by atoms with van der Waals surface area (Å²) in [5.74, 6) is 0.283. The fourth-order valence-electron chi connectivity index (χ4n) is 1.28. The molecule has 0 spiro atoms. The second-order valence-electron chi connectivity index (χ2n) is 3.50. The molecule has 1 aromatic rings. The van der Waals surface area contributed by atoms with Crippen molar-refractivity contribution in [2.45, 2.75) is 19.4 Å². The van der Waals surface area contributed by atoms with Crippen LogP contribution in [0.2, 0.25) is 0 Å². The maximum atomic E-state index is 8.33. The van der Waals surface area contributed by atoms with E-state index in [1.165, 1.54) is 5.56 Å². The number of nitrogens with one attached hydrogen (secondary N) is 1. The molecule has 0 saturated carbocycles. The summed E-state index contributed by atoms with van der Waals surface area (Å²) < 4.78 is 1.09. The van der Waals surface area contributed by atoms with Gasteiger partial charge in [0.05, 0.1) is 0 Å². The van der Waals surface area contributed by atoms with Gasteiger partial charge < -0.3 is 16.3 Å². The van der Waals surface area contributed by atoms with Crippen LogP contribution in [-0.2, 0) is 6.54 Å². The van der Waals surface area contributed by atoms with Crippen LogP contribution in [0.3, 0.4) is 0 Å². The topological polar surface area (TPSA) is 70.6 Å². The van der Waals surface area contributed by atoms with Crippen LogP contribution >= 0.6 is 15.9 Å². The van der Waals surface area contributed by atoms with Gasteiger partial charge in [0.25, 0.3) is 0 Å². The quantitative estimate of drug-likeness (QED) is 0.246. The van der Waals surface area contributed by atoms with Gasteiger partial charge in [-0.1, -0.05) is 33.2 Å². The molecule has 0 heterocycles. The molecule has 0 atom stereocenters. The summed E-state index contributed by atoms with van der Waals surface area (Å²) in [4.78, 5) is 0. The van der Waals surface area contributed by atoms with Gasteiger partial charge in [0, 0.05) is 17.4 Å². The van der Waals surface area contributed by atoms with Gasteiger partial charge in [0.2, 0.25) is 0 Å². The highest BCUT2D eigenvalue weighted by Gasteiger charge is 1.95. The molecule has 0 bridgehead atoms. The van der Waals surface area contributed by atoms with Crippen LogP contribution in [0.5, 0.6) is 0 Å². The molecule has 88 valence electrons. The number of benzene rings is 1. The molecule has 4 nitrogen and oxygen atoms in total. The Morgan fingerprint density at radius 2 is 2.06 bits per heavy atom. The number of nitrogens with zero attached hydrogens (tertiary/aromatic N) is 1. The summed E-state index contributed by atoms with van der Waals surface area (Å²) in [7, 11) is 0. The van der Waals surface area contributed by atoms with E-state index >= 15 is 0 Å². The average Bonchev–Trinajstić information content (AvgIpc) is 2.31. The zero-order valence-electron chi connectivity index (χ0n) is 8.99. The van der Waals surface area contributed by atoms with E-state index in [0.29, 0.717) is 6.42 Å². The molecule has 0 unspecified atom stereocenters. The van der Waals surface area contributed by atoms with Crippen LogP contribution < -0.4 is 11.1 Å². The lowest BCUT2D eigenvalue weighted by atomic mass is 10.2. The molecule has 1 rings (SSSR count). The lowest BCUT2D eigenvalue weighted by Crippen LogP contribution is -2.18. The Hall–Kier alpha value is -1.07. The number of nitrogens with two attached hydrogens (primary N) is 1. The van der Waals surface area contributed by atoms with Crippen molar-refractivity contribution in [3.05, 3.63) is 34.3 Å². The monoisotopic (exact) mass is 285 g/mol. The van der Waals surface area contributed by atoms with Crippen molar-refractivity contribution in [1.82, 2.24) is 5.32 Å². The third kappa shape index (κ3) is 5.14. The highest BCUT2D eigenvalue weighted by atomic mass is 79.9. The van der Waals surface area contributed by atoms with E-state index in [1.807, 2.05) is 12.1 Å². The zero-order chi connectivity index (χ0) is 11.8. The van der Waals surface area contributed by atoms with E-state index in [-0.39, 0.29) is 5.84 Å². The molecule has 0 aliphatic rings. The molecule has 0 aromatic heterocycles. The van der Waals surface area contributed by atoms with Crippen LogP contribution in [0.15, 0.2) is 33.9 Å². The lowest BCUT2D eigenvalue weighted by molar-refractivity contribution is 0.316. The van der Waals surface area contributed by atoms with Crippen LogP contribution in [-0.4, -0.2) is 17.6 Å². The molecular weight excluding hydrogens is 270 g/mol. The summed E-state index contributed by atoms with van der Waals surface area (Å²) >= 11 is 3.39. The molecule has 16 heavy (non-hydrogen) atoms. The number of oxime groups is 1. The summed E-state index contributed by atoms with van der Waals surface area (Å²) in [6, 6.07) is 8.18. The molecule has 0 fully saturated rings. The van der Waals surface area contributed by atoms with E-state index in [4.69, 9.17) is 10.9 Å². The van der Waals surface area contributed by atoms with Crippen LogP contribution in [0, 0.1) is 0 Å². The number of hydrogen-bond donors (Lipinski definition) is 3. The van der Waals surface area contributed by atoms with Crippen molar-refractivity contribution in [3.8, 4) is 0 Å². The highest BCUT2D eigenvalue weighted by molar-refractivity contribution is 9.10. The molecule has 0 saturated heterocycles. The van der Waals surface area contributed by atoms with E-state index in [2.05, 4.69) is 38.5 Å². The van der Waals surface area contributed by atoms with Crippen LogP contribution in [0.1, 0.15) is 18.4 Å². The van der Waals surface area contributed by atoms with Gasteiger partial charge in [-0.05, 0) is 30.7 Å². The predicted molar refractivity (Wildman–Crippen MR) is 68.5 cm³/mol. The first-order valence-electron chi connectivity index (χ1n) is 5.14. The smallest absolute Gasteiger partial charge is 0.139 e. The number of amidine groups is 1. The van der Waals surface area contributed by atoms with E-state index in [0.717, 1.165) is 24.0 Å². The first-order valence-corrected chi connectivity index (χ1v) is 5.93. The summed E-state index contributed by atoms with van der Waals surface area (Å²) in [6.45, 7) is 1.69. The second kappa shape index (κ2) is 7.24. The van der Waals surface area contributed by atoms with E-state index in [9.17, 15) is 0 Å². The Morgan fingerprint density at radius 3 is 2.69 bits per heavy atom. The molecule has 0 aliphatic carbocycles. The Balaban J connectivity index is 2.14. The largest absolute Gasteiger partial charge is 0.409 e. The van der Waals surface area contributed by atoms with E-state index < -0.39 is 0 Å². The fourth-order valence-corrected chi connectivity index (χ4v) is 1.54. The molecule has 0 radical (unpaired) electrons. The predicted octanol–water partition coefficient (Wildman–Crippen LogP) is 2.07. The Kier molecular flexibility index (Phi) is 5.88. The van der Waals surface area contributed by atoms with Gasteiger partial charge in [-0.15, -0.1) is 0 Å². The van der Waals surface area contributed by atoms with Gasteiger partial charge in [-0.3, -0.25) is 0 Å². The summed E-state index contributed by atoms with van der Waals surface area (Å²) in [5, 5.41) is 14.5. The minimum Gasteiger partial charge on any atom is -0.409 e. The van der Waals surface area contributed by atoms with Gasteiger partial charge in [-0.2, -0.15) is 0 Å². The SMILES string of the molecule is NC(CCCNCc1ccc(Br)cc1)=NO. The first-order chi connectivity index (χ1) is 7.72. The van der Waals surface area contributed by atoms with Crippen LogP contribution in [0.4, 0.5) is 0 Å². The highest BCUT2D eigenvalue weighted by Crippen LogP contribution is 2.10. The minimum absolute atomic E-state index is 0.283. The number of halogens is 1. The zero-order valence-corrected chi connectivity index (χ0v) is 10.6. The average molecular weight is 286 g/mol. The van der Waals surface area contributed by atoms with Gasteiger partial charge in [-0.25, -0.2) is 0 Å². The number of hydrogen-bond acceptors (Lipinski definition) is 3.